The van der Waals surface area contributed by atoms with E-state index < -0.39 is 0 Å². The predicted molar refractivity (Wildman–Crippen MR) is 93.1 cm³/mol. The van der Waals surface area contributed by atoms with Crippen LogP contribution in [0.1, 0.15) is 59.4 Å². The number of rotatable bonds is 5. The molecule has 2 heterocycles. The molecule has 0 radical (unpaired) electrons. The lowest BCUT2D eigenvalue weighted by Gasteiger charge is -2.26. The number of amides is 1. The Labute approximate surface area is 147 Å². The van der Waals surface area contributed by atoms with Crippen LogP contribution in [0.15, 0.2) is 24.3 Å². The summed E-state index contributed by atoms with van der Waals surface area (Å²) in [5.74, 6) is 2.09. The van der Waals surface area contributed by atoms with Gasteiger partial charge in [0.1, 0.15) is 17.2 Å². The molecule has 4 rings (SSSR count). The average molecular weight is 341 g/mol. The minimum Gasteiger partial charge on any atom is -0.497 e. The molecule has 1 amide bonds. The molecule has 1 saturated heterocycles. The van der Waals surface area contributed by atoms with Crippen LogP contribution in [0.5, 0.6) is 11.5 Å². The maximum Gasteiger partial charge on any atom is 0.274 e. The summed E-state index contributed by atoms with van der Waals surface area (Å²) >= 11 is 0. The minimum atomic E-state index is -0.0180. The number of nitrogens with one attached hydrogen (secondary N) is 1. The van der Waals surface area contributed by atoms with Gasteiger partial charge in [0, 0.05) is 23.7 Å². The third-order valence-corrected chi connectivity index (χ3v) is 5.14. The third-order valence-electron chi connectivity index (χ3n) is 5.14. The molecule has 0 unspecified atom stereocenters. The highest BCUT2D eigenvalue weighted by Gasteiger charge is 2.34. The molecular formula is C19H23N3O3. The number of H-pyrrole nitrogens is 1. The number of hydrogen-bond donors (Lipinski definition) is 1. The number of methoxy groups -OCH3 is 2. The van der Waals surface area contributed by atoms with Crippen LogP contribution >= 0.6 is 0 Å². The molecule has 2 fully saturated rings. The van der Waals surface area contributed by atoms with E-state index in [0.717, 1.165) is 42.1 Å². The van der Waals surface area contributed by atoms with Gasteiger partial charge in [-0.2, -0.15) is 5.10 Å². The summed E-state index contributed by atoms with van der Waals surface area (Å²) in [6.07, 6.45) is 4.25. The number of hydrogen-bond acceptors (Lipinski definition) is 4. The molecule has 1 atom stereocenters. The quantitative estimate of drug-likeness (QED) is 0.906. The number of carbonyl (C=O) groups is 1. The van der Waals surface area contributed by atoms with Crippen LogP contribution in [0.3, 0.4) is 0 Å². The molecule has 1 N–H and O–H groups in total. The van der Waals surface area contributed by atoms with E-state index in [4.69, 9.17) is 9.47 Å². The Morgan fingerprint density at radius 3 is 2.76 bits per heavy atom. The van der Waals surface area contributed by atoms with E-state index in [1.807, 2.05) is 29.2 Å². The summed E-state index contributed by atoms with van der Waals surface area (Å²) in [5, 5.41) is 7.28. The van der Waals surface area contributed by atoms with Crippen molar-refractivity contribution >= 4 is 5.91 Å². The Morgan fingerprint density at radius 2 is 2.04 bits per heavy atom. The second kappa shape index (κ2) is 6.43. The van der Waals surface area contributed by atoms with Gasteiger partial charge in [-0.05, 0) is 49.9 Å². The SMILES string of the molecule is COc1ccc(OC)c([C@@H]2CCCN2C(=O)c2cc(C3CC3)[nH]n2)c1. The lowest BCUT2D eigenvalue weighted by molar-refractivity contribution is 0.0728. The van der Waals surface area contributed by atoms with E-state index in [2.05, 4.69) is 10.2 Å². The standard InChI is InChI=1S/C19H23N3O3/c1-24-13-7-8-18(25-2)14(10-13)17-4-3-9-22(17)19(23)16-11-15(20-21-16)12-5-6-12/h7-8,10-12,17H,3-6,9H2,1-2H3,(H,20,21)/t17-/m0/s1. The van der Waals surface area contributed by atoms with Gasteiger partial charge in [-0.25, -0.2) is 0 Å². The van der Waals surface area contributed by atoms with Gasteiger partial charge in [-0.15, -0.1) is 0 Å². The maximum absolute atomic E-state index is 13.0. The van der Waals surface area contributed by atoms with Crippen LogP contribution in [0.4, 0.5) is 0 Å². The van der Waals surface area contributed by atoms with Crippen molar-refractivity contribution in [1.29, 1.82) is 0 Å². The van der Waals surface area contributed by atoms with Crippen molar-refractivity contribution in [2.75, 3.05) is 20.8 Å². The third kappa shape index (κ3) is 2.97. The van der Waals surface area contributed by atoms with Crippen molar-refractivity contribution in [2.45, 2.75) is 37.6 Å². The van der Waals surface area contributed by atoms with E-state index in [9.17, 15) is 4.79 Å². The number of aromatic amines is 1. The zero-order valence-electron chi connectivity index (χ0n) is 14.6. The van der Waals surface area contributed by atoms with Crippen molar-refractivity contribution < 1.29 is 14.3 Å². The summed E-state index contributed by atoms with van der Waals surface area (Å²) in [4.78, 5) is 14.9. The molecule has 6 heteroatoms. The van der Waals surface area contributed by atoms with Crippen molar-refractivity contribution in [2.24, 2.45) is 0 Å². The first-order chi connectivity index (χ1) is 12.2. The van der Waals surface area contributed by atoms with E-state index in [1.54, 1.807) is 14.2 Å². The molecule has 25 heavy (non-hydrogen) atoms. The highest BCUT2D eigenvalue weighted by atomic mass is 16.5. The Bertz CT molecular complexity index is 782. The second-order valence-electron chi connectivity index (χ2n) is 6.75. The smallest absolute Gasteiger partial charge is 0.274 e. The van der Waals surface area contributed by atoms with Gasteiger partial charge >= 0.3 is 0 Å². The van der Waals surface area contributed by atoms with E-state index in [1.165, 1.54) is 12.8 Å². The van der Waals surface area contributed by atoms with E-state index in [-0.39, 0.29) is 11.9 Å². The molecule has 1 saturated carbocycles. The van der Waals surface area contributed by atoms with Gasteiger partial charge in [0.2, 0.25) is 0 Å². The van der Waals surface area contributed by atoms with Gasteiger partial charge in [0.05, 0.1) is 20.3 Å². The number of likely N-dealkylation sites (tertiary alicyclic amines) is 1. The summed E-state index contributed by atoms with van der Waals surface area (Å²) in [6, 6.07) is 7.64. The Kier molecular flexibility index (Phi) is 4.11. The predicted octanol–water partition coefficient (Wildman–Crippen LogP) is 3.28. The molecule has 6 nitrogen and oxygen atoms in total. The summed E-state index contributed by atoms with van der Waals surface area (Å²) in [5.41, 5.74) is 2.58. The highest BCUT2D eigenvalue weighted by Crippen LogP contribution is 2.41. The molecule has 0 bridgehead atoms. The zero-order valence-corrected chi connectivity index (χ0v) is 14.6. The fraction of sp³-hybridized carbons (Fsp3) is 0.474. The largest absolute Gasteiger partial charge is 0.497 e. The first-order valence-electron chi connectivity index (χ1n) is 8.79. The van der Waals surface area contributed by atoms with Crippen LogP contribution in [-0.2, 0) is 0 Å². The summed E-state index contributed by atoms with van der Waals surface area (Å²) in [6.45, 7) is 0.732. The van der Waals surface area contributed by atoms with Crippen LogP contribution in [0.25, 0.3) is 0 Å². The Balaban J connectivity index is 1.62. The molecule has 2 aliphatic rings. The molecular weight excluding hydrogens is 318 g/mol. The number of carbonyl (C=O) groups excluding carboxylic acids is 1. The van der Waals surface area contributed by atoms with Gasteiger partial charge < -0.3 is 14.4 Å². The van der Waals surface area contributed by atoms with Gasteiger partial charge in [0.15, 0.2) is 0 Å². The molecule has 1 aliphatic heterocycles. The fourth-order valence-corrected chi connectivity index (χ4v) is 3.63. The molecule has 1 aromatic heterocycles. The lowest BCUT2D eigenvalue weighted by atomic mass is 10.0. The minimum absolute atomic E-state index is 0.0152. The maximum atomic E-state index is 13.0. The molecule has 1 aromatic carbocycles. The highest BCUT2D eigenvalue weighted by molar-refractivity contribution is 5.93. The van der Waals surface area contributed by atoms with Crippen LogP contribution < -0.4 is 9.47 Å². The van der Waals surface area contributed by atoms with Crippen LogP contribution in [0, 0.1) is 0 Å². The molecule has 1 aliphatic carbocycles. The first kappa shape index (κ1) is 16.0. The topological polar surface area (TPSA) is 67.5 Å². The number of aromatic nitrogens is 2. The fourth-order valence-electron chi connectivity index (χ4n) is 3.63. The van der Waals surface area contributed by atoms with Crippen molar-refractivity contribution in [3.63, 3.8) is 0 Å². The first-order valence-corrected chi connectivity index (χ1v) is 8.79. The zero-order chi connectivity index (χ0) is 17.4. The Hall–Kier alpha value is -2.50. The Morgan fingerprint density at radius 1 is 1.20 bits per heavy atom. The number of nitrogens with zero attached hydrogens (tertiary/aromatic N) is 2. The van der Waals surface area contributed by atoms with Crippen molar-refractivity contribution in [3.05, 3.63) is 41.2 Å². The lowest BCUT2D eigenvalue weighted by Crippen LogP contribution is -2.31. The number of benzene rings is 1. The second-order valence-corrected chi connectivity index (χ2v) is 6.75. The van der Waals surface area contributed by atoms with Crippen LogP contribution in [0.2, 0.25) is 0 Å². The van der Waals surface area contributed by atoms with Gasteiger partial charge in [-0.3, -0.25) is 9.89 Å². The molecule has 0 spiro atoms. The van der Waals surface area contributed by atoms with Gasteiger partial charge in [0.25, 0.3) is 5.91 Å². The normalized spacial score (nSPS) is 19.9. The average Bonchev–Trinajstić information content (AvgIpc) is 3.19. The summed E-state index contributed by atoms with van der Waals surface area (Å²) in [7, 11) is 3.30. The van der Waals surface area contributed by atoms with Crippen molar-refractivity contribution in [1.82, 2.24) is 15.1 Å². The van der Waals surface area contributed by atoms with Crippen LogP contribution in [-0.4, -0.2) is 41.8 Å². The molecule has 132 valence electrons. The van der Waals surface area contributed by atoms with Gasteiger partial charge in [-0.1, -0.05) is 0 Å². The van der Waals surface area contributed by atoms with Crippen molar-refractivity contribution in [3.8, 4) is 11.5 Å². The van der Waals surface area contributed by atoms with E-state index in [0.29, 0.717) is 11.6 Å². The number of ether oxygens (including phenoxy) is 2. The molecule has 2 aromatic rings. The van der Waals surface area contributed by atoms with E-state index >= 15 is 0 Å². The summed E-state index contributed by atoms with van der Waals surface area (Å²) < 4.78 is 10.9. The monoisotopic (exact) mass is 341 g/mol.